The van der Waals surface area contributed by atoms with E-state index < -0.39 is 35.6 Å². The molecule has 4 unspecified atom stereocenters. The number of nitrogens with one attached hydrogen (secondary N) is 2. The Hall–Kier alpha value is -2.12. The highest BCUT2D eigenvalue weighted by Crippen LogP contribution is 2.31. The van der Waals surface area contributed by atoms with Crippen LogP contribution in [-0.4, -0.2) is 47.1 Å². The van der Waals surface area contributed by atoms with E-state index in [0.29, 0.717) is 38.8 Å². The molecule has 2 fully saturated rings. The Labute approximate surface area is 178 Å². The Morgan fingerprint density at radius 2 is 0.900 bits per heavy atom. The number of carboxylic acid groups (broad SMARTS) is 2. The Bertz CT molecular complexity index is 556. The number of carboxylic acids is 2. The van der Waals surface area contributed by atoms with E-state index in [1.165, 1.54) is 0 Å². The van der Waals surface area contributed by atoms with E-state index in [2.05, 4.69) is 10.6 Å². The fraction of sp³-hybridized carbons (Fsp3) is 0.818. The number of carbonyl (C=O) groups excluding carboxylic acids is 2. The molecular formula is C22H36N2O6. The van der Waals surface area contributed by atoms with Gasteiger partial charge in [0.2, 0.25) is 11.8 Å². The van der Waals surface area contributed by atoms with Gasteiger partial charge in [0, 0.05) is 13.1 Å². The lowest BCUT2D eigenvalue weighted by molar-refractivity contribution is -0.149. The zero-order chi connectivity index (χ0) is 21.9. The van der Waals surface area contributed by atoms with Gasteiger partial charge in [-0.25, -0.2) is 0 Å². The number of carbonyl (C=O) groups is 4. The minimum atomic E-state index is -0.875. The molecule has 2 aliphatic carbocycles. The zero-order valence-electron chi connectivity index (χ0n) is 17.7. The van der Waals surface area contributed by atoms with Crippen molar-refractivity contribution in [3.63, 3.8) is 0 Å². The van der Waals surface area contributed by atoms with Gasteiger partial charge in [0.25, 0.3) is 0 Å². The van der Waals surface area contributed by atoms with Crippen LogP contribution < -0.4 is 10.6 Å². The largest absolute Gasteiger partial charge is 0.481 e. The molecule has 8 heteroatoms. The first kappa shape index (κ1) is 24.2. The van der Waals surface area contributed by atoms with Crippen molar-refractivity contribution in [2.45, 2.75) is 77.0 Å². The van der Waals surface area contributed by atoms with Crippen molar-refractivity contribution >= 4 is 23.8 Å². The van der Waals surface area contributed by atoms with Crippen LogP contribution in [-0.2, 0) is 19.2 Å². The van der Waals surface area contributed by atoms with Crippen LogP contribution in [0.5, 0.6) is 0 Å². The SMILES string of the molecule is O=C(O)C1CCCCC1C(=O)NCCCCCCNC(=O)C1CCCCC1C(=O)O. The zero-order valence-corrected chi connectivity index (χ0v) is 17.7. The van der Waals surface area contributed by atoms with E-state index in [4.69, 9.17) is 0 Å². The van der Waals surface area contributed by atoms with Gasteiger partial charge in [-0.05, 0) is 38.5 Å². The average Bonchev–Trinajstić information content (AvgIpc) is 2.75. The molecule has 2 amide bonds. The molecule has 170 valence electrons. The van der Waals surface area contributed by atoms with Gasteiger partial charge >= 0.3 is 11.9 Å². The number of rotatable bonds is 11. The lowest BCUT2D eigenvalue weighted by Crippen LogP contribution is -2.40. The Kier molecular flexibility index (Phi) is 10.1. The molecule has 2 rings (SSSR count). The molecule has 0 aromatic heterocycles. The lowest BCUT2D eigenvalue weighted by atomic mass is 9.78. The van der Waals surface area contributed by atoms with Crippen molar-refractivity contribution in [3.05, 3.63) is 0 Å². The lowest BCUT2D eigenvalue weighted by Gasteiger charge is -2.27. The van der Waals surface area contributed by atoms with Crippen LogP contribution in [0, 0.1) is 23.7 Å². The normalized spacial score (nSPS) is 26.5. The number of hydrogen-bond acceptors (Lipinski definition) is 4. The highest BCUT2D eigenvalue weighted by Gasteiger charge is 2.36. The van der Waals surface area contributed by atoms with Gasteiger partial charge < -0.3 is 20.8 Å². The summed E-state index contributed by atoms with van der Waals surface area (Å²) in [5.74, 6) is -3.99. The summed E-state index contributed by atoms with van der Waals surface area (Å²) < 4.78 is 0. The molecule has 0 heterocycles. The molecule has 8 nitrogen and oxygen atoms in total. The second-order valence-corrected chi connectivity index (χ2v) is 8.67. The monoisotopic (exact) mass is 424 g/mol. The Morgan fingerprint density at radius 3 is 1.23 bits per heavy atom. The maximum absolute atomic E-state index is 12.3. The quantitative estimate of drug-likeness (QED) is 0.377. The molecular weight excluding hydrogens is 388 g/mol. The summed E-state index contributed by atoms with van der Waals surface area (Å²) in [7, 11) is 0. The standard InChI is InChI=1S/C22H36N2O6/c25-19(15-9-3-5-11-17(15)21(27)28)23-13-7-1-2-8-14-24-20(26)16-10-4-6-12-18(16)22(29)30/h15-18H,1-14H2,(H,23,25)(H,24,26)(H,27,28)(H,29,30). The molecule has 0 aliphatic heterocycles. The summed E-state index contributed by atoms with van der Waals surface area (Å²) in [5.41, 5.74) is 0. The first-order valence-corrected chi connectivity index (χ1v) is 11.4. The summed E-state index contributed by atoms with van der Waals surface area (Å²) in [4.78, 5) is 47.2. The fourth-order valence-corrected chi connectivity index (χ4v) is 4.77. The van der Waals surface area contributed by atoms with E-state index in [9.17, 15) is 29.4 Å². The molecule has 0 spiro atoms. The molecule has 4 atom stereocenters. The average molecular weight is 425 g/mol. The molecule has 4 N–H and O–H groups in total. The molecule has 30 heavy (non-hydrogen) atoms. The van der Waals surface area contributed by atoms with Crippen molar-refractivity contribution in [3.8, 4) is 0 Å². The molecule has 0 aromatic rings. The molecule has 0 saturated heterocycles. The van der Waals surface area contributed by atoms with Crippen LogP contribution in [0.25, 0.3) is 0 Å². The Balaban J connectivity index is 1.54. The molecule has 0 radical (unpaired) electrons. The summed E-state index contributed by atoms with van der Waals surface area (Å²) >= 11 is 0. The van der Waals surface area contributed by atoms with Gasteiger partial charge in [0.1, 0.15) is 0 Å². The van der Waals surface area contributed by atoms with Crippen LogP contribution in [0.15, 0.2) is 0 Å². The maximum Gasteiger partial charge on any atom is 0.307 e. The van der Waals surface area contributed by atoms with Crippen LogP contribution in [0.2, 0.25) is 0 Å². The minimum Gasteiger partial charge on any atom is -0.481 e. The second kappa shape index (κ2) is 12.5. The van der Waals surface area contributed by atoms with Crippen molar-refractivity contribution in [2.75, 3.05) is 13.1 Å². The fourth-order valence-electron chi connectivity index (χ4n) is 4.77. The van der Waals surface area contributed by atoms with E-state index in [-0.39, 0.29) is 11.8 Å². The highest BCUT2D eigenvalue weighted by atomic mass is 16.4. The van der Waals surface area contributed by atoms with Gasteiger partial charge in [0.05, 0.1) is 23.7 Å². The van der Waals surface area contributed by atoms with Crippen molar-refractivity contribution in [1.82, 2.24) is 10.6 Å². The summed E-state index contributed by atoms with van der Waals surface area (Å²) in [6.45, 7) is 1.08. The van der Waals surface area contributed by atoms with Gasteiger partial charge in [0.15, 0.2) is 0 Å². The van der Waals surface area contributed by atoms with Crippen molar-refractivity contribution in [2.24, 2.45) is 23.7 Å². The van der Waals surface area contributed by atoms with Crippen LogP contribution >= 0.6 is 0 Å². The number of unbranched alkanes of at least 4 members (excludes halogenated alkanes) is 3. The summed E-state index contributed by atoms with van der Waals surface area (Å²) in [6, 6.07) is 0. The van der Waals surface area contributed by atoms with Crippen LogP contribution in [0.4, 0.5) is 0 Å². The van der Waals surface area contributed by atoms with Crippen molar-refractivity contribution in [1.29, 1.82) is 0 Å². The van der Waals surface area contributed by atoms with Gasteiger partial charge in [-0.3, -0.25) is 19.2 Å². The van der Waals surface area contributed by atoms with Gasteiger partial charge in [-0.2, -0.15) is 0 Å². The van der Waals surface area contributed by atoms with E-state index in [1.54, 1.807) is 0 Å². The third-order valence-electron chi connectivity index (χ3n) is 6.54. The highest BCUT2D eigenvalue weighted by molar-refractivity contribution is 5.85. The number of hydrogen-bond donors (Lipinski definition) is 4. The van der Waals surface area contributed by atoms with Crippen LogP contribution in [0.3, 0.4) is 0 Å². The van der Waals surface area contributed by atoms with Gasteiger partial charge in [-0.1, -0.05) is 38.5 Å². The first-order chi connectivity index (χ1) is 14.4. The predicted octanol–water partition coefficient (Wildman–Crippen LogP) is 2.56. The minimum absolute atomic E-state index is 0.144. The van der Waals surface area contributed by atoms with E-state index >= 15 is 0 Å². The summed E-state index contributed by atoms with van der Waals surface area (Å²) in [5, 5.41) is 24.3. The second-order valence-electron chi connectivity index (χ2n) is 8.67. The van der Waals surface area contributed by atoms with E-state index in [0.717, 1.165) is 51.4 Å². The van der Waals surface area contributed by atoms with E-state index in [1.807, 2.05) is 0 Å². The van der Waals surface area contributed by atoms with Gasteiger partial charge in [-0.15, -0.1) is 0 Å². The van der Waals surface area contributed by atoms with Crippen LogP contribution in [0.1, 0.15) is 77.0 Å². The molecule has 2 aliphatic rings. The maximum atomic E-state index is 12.3. The smallest absolute Gasteiger partial charge is 0.307 e. The number of amides is 2. The first-order valence-electron chi connectivity index (χ1n) is 11.4. The molecule has 0 aromatic carbocycles. The topological polar surface area (TPSA) is 133 Å². The molecule has 2 saturated carbocycles. The van der Waals surface area contributed by atoms with Crippen molar-refractivity contribution < 1.29 is 29.4 Å². The predicted molar refractivity (Wildman–Crippen MR) is 111 cm³/mol. The Morgan fingerprint density at radius 1 is 0.567 bits per heavy atom. The summed E-state index contributed by atoms with van der Waals surface area (Å²) in [6.07, 6.45) is 9.43. The molecule has 0 bridgehead atoms. The number of aliphatic carboxylic acids is 2. The third kappa shape index (κ3) is 7.29. The third-order valence-corrected chi connectivity index (χ3v) is 6.54.